The number of benzene rings is 1. The van der Waals surface area contributed by atoms with Gasteiger partial charge in [-0.05, 0) is 61.5 Å². The van der Waals surface area contributed by atoms with E-state index in [9.17, 15) is 9.90 Å². The number of hydrogen-bond acceptors (Lipinski definition) is 4. The molecule has 0 spiro atoms. The number of amides is 1. The fraction of sp³-hybridized carbons (Fsp3) is 0.696. The van der Waals surface area contributed by atoms with Crippen molar-refractivity contribution in [2.45, 2.75) is 70.2 Å². The van der Waals surface area contributed by atoms with Gasteiger partial charge in [-0.2, -0.15) is 0 Å². The maximum Gasteiger partial charge on any atom is 0.223 e. The van der Waals surface area contributed by atoms with E-state index in [0.717, 1.165) is 50.9 Å². The Balaban J connectivity index is 0.00000160. The van der Waals surface area contributed by atoms with Crippen molar-refractivity contribution in [1.82, 2.24) is 10.2 Å². The molecule has 170 valence electrons. The molecule has 5 nitrogen and oxygen atoms in total. The normalized spacial score (nSPS) is 29.4. The van der Waals surface area contributed by atoms with Gasteiger partial charge in [0.05, 0.1) is 6.10 Å². The Hall–Kier alpha value is -0.850. The Bertz CT molecular complexity index is 651. The molecule has 0 radical (unpaired) electrons. The number of aliphatic hydroxyl groups excluding tert-OH is 1. The first-order valence-electron chi connectivity index (χ1n) is 11.1. The van der Waals surface area contributed by atoms with Gasteiger partial charge in [0.25, 0.3) is 0 Å². The van der Waals surface area contributed by atoms with Gasteiger partial charge in [0.1, 0.15) is 0 Å². The van der Waals surface area contributed by atoms with Crippen molar-refractivity contribution < 1.29 is 9.90 Å². The molecule has 7 heteroatoms. The van der Waals surface area contributed by atoms with E-state index in [1.807, 2.05) is 0 Å². The minimum atomic E-state index is -0.123. The van der Waals surface area contributed by atoms with Crippen molar-refractivity contribution >= 4 is 30.7 Å². The monoisotopic (exact) mass is 457 g/mol. The van der Waals surface area contributed by atoms with Crippen LogP contribution < -0.4 is 11.1 Å². The van der Waals surface area contributed by atoms with Crippen LogP contribution in [0.15, 0.2) is 24.3 Å². The summed E-state index contributed by atoms with van der Waals surface area (Å²) in [4.78, 5) is 15.1. The first-order valence-corrected chi connectivity index (χ1v) is 11.1. The summed E-state index contributed by atoms with van der Waals surface area (Å²) < 4.78 is 0. The topological polar surface area (TPSA) is 78.6 Å². The number of piperidine rings is 1. The molecule has 2 bridgehead atoms. The molecular weight excluding hydrogens is 421 g/mol. The molecule has 1 amide bonds. The molecule has 4 rings (SSSR count). The zero-order valence-corrected chi connectivity index (χ0v) is 19.3. The van der Waals surface area contributed by atoms with Gasteiger partial charge in [0.2, 0.25) is 5.91 Å². The molecule has 1 aromatic rings. The van der Waals surface area contributed by atoms with Crippen LogP contribution in [0.2, 0.25) is 0 Å². The zero-order valence-electron chi connectivity index (χ0n) is 17.7. The van der Waals surface area contributed by atoms with E-state index in [0.29, 0.717) is 24.4 Å². The average molecular weight is 458 g/mol. The molecule has 1 aromatic carbocycles. The fourth-order valence-corrected chi connectivity index (χ4v) is 5.43. The zero-order chi connectivity index (χ0) is 19.5. The lowest BCUT2D eigenvalue weighted by Gasteiger charge is -2.43. The van der Waals surface area contributed by atoms with Crippen LogP contribution in [0.4, 0.5) is 0 Å². The van der Waals surface area contributed by atoms with Crippen molar-refractivity contribution in [2.75, 3.05) is 13.1 Å². The van der Waals surface area contributed by atoms with Crippen molar-refractivity contribution in [2.24, 2.45) is 23.5 Å². The van der Waals surface area contributed by atoms with Gasteiger partial charge in [-0.25, -0.2) is 0 Å². The maximum absolute atomic E-state index is 12.7. The largest absolute Gasteiger partial charge is 0.393 e. The first kappa shape index (κ1) is 25.4. The van der Waals surface area contributed by atoms with Gasteiger partial charge in [0.15, 0.2) is 0 Å². The predicted molar refractivity (Wildman–Crippen MR) is 125 cm³/mol. The van der Waals surface area contributed by atoms with Crippen LogP contribution in [0, 0.1) is 17.8 Å². The van der Waals surface area contributed by atoms with Gasteiger partial charge < -0.3 is 16.2 Å². The quantitative estimate of drug-likeness (QED) is 0.633. The summed E-state index contributed by atoms with van der Waals surface area (Å²) in [6, 6.07) is 8.89. The fourth-order valence-electron chi connectivity index (χ4n) is 5.43. The molecule has 1 heterocycles. The van der Waals surface area contributed by atoms with Crippen LogP contribution in [-0.4, -0.2) is 41.1 Å². The summed E-state index contributed by atoms with van der Waals surface area (Å²) in [5.41, 5.74) is 8.80. The number of nitrogens with two attached hydrogens (primary N) is 1. The molecule has 0 aromatic heterocycles. The van der Waals surface area contributed by atoms with Gasteiger partial charge in [0, 0.05) is 38.1 Å². The van der Waals surface area contributed by atoms with E-state index in [-0.39, 0.29) is 42.7 Å². The molecule has 2 unspecified atom stereocenters. The molecule has 3 aliphatic rings. The van der Waals surface area contributed by atoms with E-state index in [1.165, 1.54) is 24.8 Å². The highest BCUT2D eigenvalue weighted by molar-refractivity contribution is 5.85. The van der Waals surface area contributed by atoms with Crippen LogP contribution in [0.25, 0.3) is 0 Å². The number of aliphatic hydroxyl groups is 1. The minimum Gasteiger partial charge on any atom is -0.393 e. The number of likely N-dealkylation sites (tertiary alicyclic amines) is 1. The van der Waals surface area contributed by atoms with Gasteiger partial charge in [-0.3, -0.25) is 9.69 Å². The smallest absolute Gasteiger partial charge is 0.223 e. The lowest BCUT2D eigenvalue weighted by Crippen LogP contribution is -2.49. The lowest BCUT2D eigenvalue weighted by molar-refractivity contribution is -0.128. The Kier molecular flexibility index (Phi) is 9.89. The van der Waals surface area contributed by atoms with Gasteiger partial charge >= 0.3 is 0 Å². The second-order valence-electron chi connectivity index (χ2n) is 9.24. The molecule has 2 atom stereocenters. The van der Waals surface area contributed by atoms with E-state index in [4.69, 9.17) is 5.73 Å². The highest BCUT2D eigenvalue weighted by atomic mass is 35.5. The Morgan fingerprint density at radius 1 is 1.00 bits per heavy atom. The molecule has 3 fully saturated rings. The molecule has 2 saturated carbocycles. The summed E-state index contributed by atoms with van der Waals surface area (Å²) in [6.45, 7) is 3.47. The van der Waals surface area contributed by atoms with Crippen LogP contribution >= 0.6 is 24.8 Å². The van der Waals surface area contributed by atoms with Crippen molar-refractivity contribution in [1.29, 1.82) is 0 Å². The van der Waals surface area contributed by atoms with Crippen molar-refractivity contribution in [3.8, 4) is 0 Å². The number of halogens is 2. The molecule has 4 N–H and O–H groups in total. The first-order chi connectivity index (χ1) is 13.6. The summed E-state index contributed by atoms with van der Waals surface area (Å²) in [5.74, 6) is 1.43. The highest BCUT2D eigenvalue weighted by Gasteiger charge is 2.40. The van der Waals surface area contributed by atoms with Gasteiger partial charge in [-0.15, -0.1) is 24.8 Å². The summed E-state index contributed by atoms with van der Waals surface area (Å²) >= 11 is 0. The van der Waals surface area contributed by atoms with Crippen LogP contribution in [-0.2, 0) is 17.9 Å². The summed E-state index contributed by atoms with van der Waals surface area (Å²) in [6.07, 6.45) is 7.22. The maximum atomic E-state index is 12.7. The number of nitrogens with zero attached hydrogens (tertiary/aromatic N) is 1. The molecule has 1 saturated heterocycles. The Labute approximate surface area is 193 Å². The molecule has 30 heavy (non-hydrogen) atoms. The molecular formula is C23H37Cl2N3O2. The highest BCUT2D eigenvalue weighted by Crippen LogP contribution is 2.41. The summed E-state index contributed by atoms with van der Waals surface area (Å²) in [7, 11) is 0. The van der Waals surface area contributed by atoms with Crippen molar-refractivity contribution in [3.05, 3.63) is 35.4 Å². The third kappa shape index (κ3) is 6.33. The number of rotatable bonds is 5. The van der Waals surface area contributed by atoms with Crippen LogP contribution in [0.1, 0.15) is 56.1 Å². The van der Waals surface area contributed by atoms with E-state index in [1.54, 1.807) is 0 Å². The SMILES string of the molecule is Cl.Cl.NC1C2CCCC1CC(C(=O)NCc1ccc(CN3CCC(O)CC3)cc1)C2. The van der Waals surface area contributed by atoms with Crippen LogP contribution in [0.3, 0.4) is 0 Å². The van der Waals surface area contributed by atoms with Crippen LogP contribution in [0.5, 0.6) is 0 Å². The van der Waals surface area contributed by atoms with Gasteiger partial charge in [-0.1, -0.05) is 30.7 Å². The average Bonchev–Trinajstić information content (AvgIpc) is 2.69. The lowest BCUT2D eigenvalue weighted by atomic mass is 9.65. The standard InChI is InChI=1S/C23H35N3O2.2ClH/c24-22-18-2-1-3-19(22)13-20(12-18)23(28)25-14-16-4-6-17(7-5-16)15-26-10-8-21(27)9-11-26;;/h4-7,18-22,27H,1-3,8-15,24H2,(H,25,28);2*1H. The van der Waals surface area contributed by atoms with Crippen molar-refractivity contribution in [3.63, 3.8) is 0 Å². The van der Waals surface area contributed by atoms with E-state index < -0.39 is 0 Å². The number of hydrogen-bond donors (Lipinski definition) is 3. The number of carbonyl (C=O) groups excluding carboxylic acids is 1. The molecule has 2 aliphatic carbocycles. The Morgan fingerprint density at radius 2 is 1.57 bits per heavy atom. The van der Waals surface area contributed by atoms with E-state index in [2.05, 4.69) is 34.5 Å². The summed E-state index contributed by atoms with van der Waals surface area (Å²) in [5, 5.41) is 12.8. The predicted octanol–water partition coefficient (Wildman–Crippen LogP) is 3.26. The second kappa shape index (κ2) is 11.7. The number of nitrogens with one attached hydrogen (secondary N) is 1. The molecule has 1 aliphatic heterocycles. The number of fused-ring (bicyclic) bond motifs is 2. The van der Waals surface area contributed by atoms with E-state index >= 15 is 0 Å². The number of carbonyl (C=O) groups is 1. The second-order valence-corrected chi connectivity index (χ2v) is 9.24. The third-order valence-electron chi connectivity index (χ3n) is 7.24. The Morgan fingerprint density at radius 3 is 2.17 bits per heavy atom. The minimum absolute atomic E-state index is 0. The third-order valence-corrected chi connectivity index (χ3v) is 7.24.